The lowest BCUT2D eigenvalue weighted by atomic mass is 10.1. The molecule has 0 spiro atoms. The average Bonchev–Trinajstić information content (AvgIpc) is 2.95. The number of anilines is 1. The highest BCUT2D eigenvalue weighted by Crippen LogP contribution is 2.26. The minimum absolute atomic E-state index is 0.0228. The predicted octanol–water partition coefficient (Wildman–Crippen LogP) is 1.84. The van der Waals surface area contributed by atoms with Gasteiger partial charge in [-0.15, -0.1) is 0 Å². The van der Waals surface area contributed by atoms with Crippen molar-refractivity contribution in [3.63, 3.8) is 0 Å². The number of nitrogens with zero attached hydrogens (tertiary/aromatic N) is 1. The maximum atomic E-state index is 12.7. The number of fused-ring (bicyclic) bond motifs is 1. The SMILES string of the molecule is CN(CC1CCCCO1)S(=O)(=O)c1ccc2c(c1)CCN2. The molecule has 0 aromatic heterocycles. The second kappa shape index (κ2) is 5.94. The number of hydrogen-bond donors (Lipinski definition) is 1. The number of likely N-dealkylation sites (N-methyl/N-ethyl adjacent to an activating group) is 1. The lowest BCUT2D eigenvalue weighted by Gasteiger charge is -2.27. The molecule has 1 fully saturated rings. The summed E-state index contributed by atoms with van der Waals surface area (Å²) in [5, 5.41) is 3.25. The van der Waals surface area contributed by atoms with E-state index < -0.39 is 10.0 Å². The van der Waals surface area contributed by atoms with Gasteiger partial charge < -0.3 is 10.1 Å². The van der Waals surface area contributed by atoms with Gasteiger partial charge in [-0.3, -0.25) is 0 Å². The maximum Gasteiger partial charge on any atom is 0.242 e. The second-order valence-electron chi connectivity index (χ2n) is 5.77. The summed E-state index contributed by atoms with van der Waals surface area (Å²) in [4.78, 5) is 0.378. The molecule has 1 atom stereocenters. The normalized spacial score (nSPS) is 22.1. The molecule has 0 aliphatic carbocycles. The number of ether oxygens (including phenoxy) is 1. The molecule has 0 bridgehead atoms. The summed E-state index contributed by atoms with van der Waals surface area (Å²) in [5.74, 6) is 0. The third-order valence-corrected chi connectivity index (χ3v) is 6.05. The first-order valence-corrected chi connectivity index (χ1v) is 8.96. The van der Waals surface area contributed by atoms with Gasteiger partial charge in [-0.05, 0) is 49.4 Å². The molecule has 1 N–H and O–H groups in total. The van der Waals surface area contributed by atoms with E-state index in [4.69, 9.17) is 4.74 Å². The first kappa shape index (κ1) is 14.8. The summed E-state index contributed by atoms with van der Waals surface area (Å²) in [5.41, 5.74) is 2.13. The highest BCUT2D eigenvalue weighted by Gasteiger charge is 2.26. The number of sulfonamides is 1. The van der Waals surface area contributed by atoms with Crippen LogP contribution in [-0.4, -0.2) is 45.6 Å². The Labute approximate surface area is 126 Å². The standard InChI is InChI=1S/C15H22N2O3S/c1-17(11-13-4-2-3-9-20-13)21(18,19)14-5-6-15-12(10-14)7-8-16-15/h5-6,10,13,16H,2-4,7-9,11H2,1H3. The predicted molar refractivity (Wildman–Crippen MR) is 82.0 cm³/mol. The summed E-state index contributed by atoms with van der Waals surface area (Å²) >= 11 is 0. The largest absolute Gasteiger partial charge is 0.384 e. The van der Waals surface area contributed by atoms with Gasteiger partial charge >= 0.3 is 0 Å². The molecule has 0 saturated carbocycles. The van der Waals surface area contributed by atoms with Crippen LogP contribution in [0.15, 0.2) is 23.1 Å². The number of rotatable bonds is 4. The monoisotopic (exact) mass is 310 g/mol. The topological polar surface area (TPSA) is 58.6 Å². The van der Waals surface area contributed by atoms with Crippen molar-refractivity contribution in [2.45, 2.75) is 36.7 Å². The van der Waals surface area contributed by atoms with E-state index in [1.54, 1.807) is 19.2 Å². The van der Waals surface area contributed by atoms with E-state index in [1.807, 2.05) is 6.07 Å². The van der Waals surface area contributed by atoms with Crippen LogP contribution in [0.1, 0.15) is 24.8 Å². The fourth-order valence-electron chi connectivity index (χ4n) is 2.96. The average molecular weight is 310 g/mol. The molecule has 0 amide bonds. The van der Waals surface area contributed by atoms with Crippen LogP contribution in [-0.2, 0) is 21.2 Å². The lowest BCUT2D eigenvalue weighted by Crippen LogP contribution is -2.37. The van der Waals surface area contributed by atoms with Crippen LogP contribution in [0.2, 0.25) is 0 Å². The fourth-order valence-corrected chi connectivity index (χ4v) is 4.21. The minimum atomic E-state index is -3.43. The highest BCUT2D eigenvalue weighted by molar-refractivity contribution is 7.89. The summed E-state index contributed by atoms with van der Waals surface area (Å²) in [7, 11) is -1.80. The van der Waals surface area contributed by atoms with Gasteiger partial charge in [-0.2, -0.15) is 4.31 Å². The molecule has 1 aromatic carbocycles. The summed E-state index contributed by atoms with van der Waals surface area (Å²) in [6.07, 6.45) is 4.03. The molecule has 2 heterocycles. The van der Waals surface area contributed by atoms with Gasteiger partial charge in [0.15, 0.2) is 0 Å². The molecular weight excluding hydrogens is 288 g/mol. The Kier molecular flexibility index (Phi) is 4.19. The van der Waals surface area contributed by atoms with Crippen LogP contribution < -0.4 is 5.32 Å². The summed E-state index contributed by atoms with van der Waals surface area (Å²) in [6, 6.07) is 5.34. The van der Waals surface area contributed by atoms with Gasteiger partial charge in [0.2, 0.25) is 10.0 Å². The first-order valence-electron chi connectivity index (χ1n) is 7.52. The van der Waals surface area contributed by atoms with Crippen LogP contribution in [0.3, 0.4) is 0 Å². The molecule has 1 aromatic rings. The zero-order valence-electron chi connectivity index (χ0n) is 12.3. The molecule has 116 valence electrons. The van der Waals surface area contributed by atoms with Gasteiger partial charge in [-0.1, -0.05) is 0 Å². The molecule has 21 heavy (non-hydrogen) atoms. The molecular formula is C15H22N2O3S. The van der Waals surface area contributed by atoms with E-state index in [0.717, 1.165) is 50.1 Å². The zero-order valence-corrected chi connectivity index (χ0v) is 13.2. The number of nitrogens with one attached hydrogen (secondary N) is 1. The fraction of sp³-hybridized carbons (Fsp3) is 0.600. The van der Waals surface area contributed by atoms with Crippen molar-refractivity contribution in [2.75, 3.05) is 32.1 Å². The molecule has 5 nitrogen and oxygen atoms in total. The Morgan fingerprint density at radius 3 is 3.00 bits per heavy atom. The van der Waals surface area contributed by atoms with Gasteiger partial charge in [0.25, 0.3) is 0 Å². The van der Waals surface area contributed by atoms with E-state index in [-0.39, 0.29) is 6.10 Å². The lowest BCUT2D eigenvalue weighted by molar-refractivity contribution is 0.00858. The third-order valence-electron chi connectivity index (χ3n) is 4.23. The van der Waals surface area contributed by atoms with Crippen molar-refractivity contribution in [3.05, 3.63) is 23.8 Å². The molecule has 1 saturated heterocycles. The van der Waals surface area contributed by atoms with E-state index in [1.165, 1.54) is 4.31 Å². The van der Waals surface area contributed by atoms with E-state index >= 15 is 0 Å². The van der Waals surface area contributed by atoms with E-state index in [0.29, 0.717) is 11.4 Å². The van der Waals surface area contributed by atoms with E-state index in [2.05, 4.69) is 5.32 Å². The smallest absolute Gasteiger partial charge is 0.242 e. The zero-order chi connectivity index (χ0) is 14.9. The Balaban J connectivity index is 1.75. The van der Waals surface area contributed by atoms with Gasteiger partial charge in [0.1, 0.15) is 0 Å². The Bertz CT molecular complexity index is 609. The van der Waals surface area contributed by atoms with Crippen LogP contribution in [0.25, 0.3) is 0 Å². The van der Waals surface area contributed by atoms with Crippen LogP contribution >= 0.6 is 0 Å². The van der Waals surface area contributed by atoms with Crippen molar-refractivity contribution in [3.8, 4) is 0 Å². The van der Waals surface area contributed by atoms with Gasteiger partial charge in [-0.25, -0.2) is 8.42 Å². The molecule has 3 rings (SSSR count). The van der Waals surface area contributed by atoms with Crippen molar-refractivity contribution < 1.29 is 13.2 Å². The van der Waals surface area contributed by atoms with Crippen molar-refractivity contribution in [1.82, 2.24) is 4.31 Å². The Morgan fingerprint density at radius 2 is 2.24 bits per heavy atom. The molecule has 2 aliphatic rings. The second-order valence-corrected chi connectivity index (χ2v) is 7.81. The van der Waals surface area contributed by atoms with Crippen LogP contribution in [0, 0.1) is 0 Å². The molecule has 6 heteroatoms. The molecule has 1 unspecified atom stereocenters. The van der Waals surface area contributed by atoms with Crippen LogP contribution in [0.4, 0.5) is 5.69 Å². The quantitative estimate of drug-likeness (QED) is 0.922. The summed E-state index contributed by atoms with van der Waals surface area (Å²) in [6.45, 7) is 2.05. The summed E-state index contributed by atoms with van der Waals surface area (Å²) < 4.78 is 32.4. The van der Waals surface area contributed by atoms with Crippen LogP contribution in [0.5, 0.6) is 0 Å². The minimum Gasteiger partial charge on any atom is -0.384 e. The Morgan fingerprint density at radius 1 is 1.38 bits per heavy atom. The number of hydrogen-bond acceptors (Lipinski definition) is 4. The van der Waals surface area contributed by atoms with Crippen molar-refractivity contribution in [1.29, 1.82) is 0 Å². The molecule has 2 aliphatic heterocycles. The number of benzene rings is 1. The highest BCUT2D eigenvalue weighted by atomic mass is 32.2. The van der Waals surface area contributed by atoms with E-state index in [9.17, 15) is 8.42 Å². The maximum absolute atomic E-state index is 12.7. The first-order chi connectivity index (χ1) is 10.1. The van der Waals surface area contributed by atoms with Gasteiger partial charge in [0, 0.05) is 32.4 Å². The molecule has 0 radical (unpaired) electrons. The third kappa shape index (κ3) is 3.07. The van der Waals surface area contributed by atoms with Crippen molar-refractivity contribution >= 4 is 15.7 Å². The van der Waals surface area contributed by atoms with Gasteiger partial charge in [0.05, 0.1) is 11.0 Å². The van der Waals surface area contributed by atoms with Crippen molar-refractivity contribution in [2.24, 2.45) is 0 Å². The Hall–Kier alpha value is -1.11.